The topological polar surface area (TPSA) is 115 Å². The zero-order chi connectivity index (χ0) is 28.0. The van der Waals surface area contributed by atoms with Gasteiger partial charge in [0, 0.05) is 60.9 Å². The van der Waals surface area contributed by atoms with Crippen molar-refractivity contribution in [1.82, 2.24) is 25.5 Å². The Labute approximate surface area is 240 Å². The average Bonchev–Trinajstić information content (AvgIpc) is 3.58. The van der Waals surface area contributed by atoms with Crippen LogP contribution in [0.15, 0.2) is 60.8 Å². The van der Waals surface area contributed by atoms with Gasteiger partial charge in [0.05, 0.1) is 11.7 Å². The maximum absolute atomic E-state index is 12.9. The zero-order valence-corrected chi connectivity index (χ0v) is 23.3. The lowest BCUT2D eigenvalue weighted by Crippen LogP contribution is -2.51. The molecule has 4 N–H and O–H groups in total. The van der Waals surface area contributed by atoms with E-state index in [1.54, 1.807) is 6.20 Å². The molecule has 3 aliphatic heterocycles. The van der Waals surface area contributed by atoms with Crippen LogP contribution in [0.2, 0.25) is 0 Å². The average molecular weight is 555 g/mol. The molecule has 3 aliphatic rings. The summed E-state index contributed by atoms with van der Waals surface area (Å²) < 4.78 is 0. The molecule has 1 unspecified atom stereocenters. The van der Waals surface area contributed by atoms with Gasteiger partial charge in [0.1, 0.15) is 0 Å². The molecule has 3 saturated heterocycles. The third-order valence-corrected chi connectivity index (χ3v) is 8.25. The van der Waals surface area contributed by atoms with Gasteiger partial charge in [-0.1, -0.05) is 12.1 Å². The van der Waals surface area contributed by atoms with Crippen LogP contribution in [0.4, 0.5) is 23.0 Å². The smallest absolute Gasteiger partial charge is 0.241 e. The summed E-state index contributed by atoms with van der Waals surface area (Å²) in [7, 11) is 0. The van der Waals surface area contributed by atoms with Crippen LogP contribution in [-0.2, 0) is 9.59 Å². The number of nitrogens with zero attached hydrogens (tertiary/aromatic N) is 4. The number of hydrogen-bond acceptors (Lipinski definition) is 8. The normalized spacial score (nSPS) is 19.7. The van der Waals surface area contributed by atoms with Crippen molar-refractivity contribution in [2.45, 2.75) is 31.7 Å². The third kappa shape index (κ3) is 6.66. The highest BCUT2D eigenvalue weighted by atomic mass is 16.2. The van der Waals surface area contributed by atoms with Gasteiger partial charge in [-0.25, -0.2) is 9.97 Å². The van der Waals surface area contributed by atoms with E-state index in [2.05, 4.69) is 43.3 Å². The molecule has 3 aromatic rings. The molecule has 1 atom stereocenters. The van der Waals surface area contributed by atoms with Gasteiger partial charge < -0.3 is 31.1 Å². The van der Waals surface area contributed by atoms with Crippen molar-refractivity contribution in [3.8, 4) is 11.3 Å². The van der Waals surface area contributed by atoms with E-state index in [4.69, 9.17) is 4.98 Å². The largest absolute Gasteiger partial charge is 0.368 e. The Balaban J connectivity index is 1.02. The van der Waals surface area contributed by atoms with Crippen molar-refractivity contribution in [1.29, 1.82) is 0 Å². The molecule has 0 spiro atoms. The van der Waals surface area contributed by atoms with Crippen LogP contribution in [-0.4, -0.2) is 78.5 Å². The van der Waals surface area contributed by atoms with Gasteiger partial charge in [0.2, 0.25) is 17.8 Å². The lowest BCUT2D eigenvalue weighted by molar-refractivity contribution is -0.136. The van der Waals surface area contributed by atoms with Gasteiger partial charge in [-0.05, 0) is 87.8 Å². The minimum atomic E-state index is -0.107. The molecular weight excluding hydrogens is 516 g/mol. The fourth-order valence-corrected chi connectivity index (χ4v) is 5.84. The van der Waals surface area contributed by atoms with Crippen molar-refractivity contribution < 1.29 is 9.59 Å². The first-order valence-corrected chi connectivity index (χ1v) is 14.7. The van der Waals surface area contributed by atoms with Crippen molar-refractivity contribution >= 4 is 34.8 Å². The molecule has 0 aliphatic carbocycles. The number of aromatic nitrogens is 2. The van der Waals surface area contributed by atoms with Crippen LogP contribution in [0.5, 0.6) is 0 Å². The Morgan fingerprint density at radius 3 is 2.27 bits per heavy atom. The number of benzene rings is 2. The van der Waals surface area contributed by atoms with Crippen LogP contribution < -0.4 is 26.2 Å². The highest BCUT2D eigenvalue weighted by Gasteiger charge is 2.28. The number of hydrogen-bond donors (Lipinski definition) is 4. The predicted molar refractivity (Wildman–Crippen MR) is 161 cm³/mol. The highest BCUT2D eigenvalue weighted by Crippen LogP contribution is 2.25. The highest BCUT2D eigenvalue weighted by molar-refractivity contribution is 5.95. The summed E-state index contributed by atoms with van der Waals surface area (Å²) in [5.74, 6) is 1.04. The van der Waals surface area contributed by atoms with Gasteiger partial charge in [-0.3, -0.25) is 9.59 Å². The molecule has 1 aromatic heterocycles. The lowest BCUT2D eigenvalue weighted by atomic mass is 9.96. The number of piperazine rings is 1. The SMILES string of the molecule is O=C(Nc1ccc(-c2ccnc(Nc3ccc(N4CCN(C(=O)C5CCNCC5)CC4)cc3)n2)cc1)C1CCCN1. The van der Waals surface area contributed by atoms with E-state index in [0.717, 1.165) is 99.8 Å². The first-order chi connectivity index (χ1) is 20.1. The van der Waals surface area contributed by atoms with Gasteiger partial charge >= 0.3 is 0 Å². The van der Waals surface area contributed by atoms with Gasteiger partial charge in [-0.2, -0.15) is 0 Å². The van der Waals surface area contributed by atoms with Crippen LogP contribution in [0.3, 0.4) is 0 Å². The van der Waals surface area contributed by atoms with Gasteiger partial charge in [0.25, 0.3) is 0 Å². The summed E-state index contributed by atoms with van der Waals surface area (Å²) in [6.45, 7) is 6.01. The van der Waals surface area contributed by atoms with Crippen LogP contribution in [0.1, 0.15) is 25.7 Å². The van der Waals surface area contributed by atoms with Crippen LogP contribution >= 0.6 is 0 Å². The molecule has 3 fully saturated rings. The molecule has 0 radical (unpaired) electrons. The summed E-state index contributed by atoms with van der Waals surface area (Å²) >= 11 is 0. The number of anilines is 4. The quantitative estimate of drug-likeness (QED) is 0.352. The second-order valence-electron chi connectivity index (χ2n) is 11.0. The molecule has 0 saturated carbocycles. The number of nitrogens with one attached hydrogen (secondary N) is 4. The minimum absolute atomic E-state index is 0.0137. The first kappa shape index (κ1) is 27.2. The molecular formula is C31H38N8O2. The summed E-state index contributed by atoms with van der Waals surface area (Å²) in [6, 6.07) is 17.8. The van der Waals surface area contributed by atoms with Gasteiger partial charge in [0.15, 0.2) is 0 Å². The Kier molecular flexibility index (Phi) is 8.39. The number of carbonyl (C=O) groups is 2. The first-order valence-electron chi connectivity index (χ1n) is 14.7. The second-order valence-corrected chi connectivity index (χ2v) is 11.0. The zero-order valence-electron chi connectivity index (χ0n) is 23.3. The van der Waals surface area contributed by atoms with Crippen molar-refractivity contribution in [2.24, 2.45) is 5.92 Å². The molecule has 4 heterocycles. The summed E-state index contributed by atoms with van der Waals surface area (Å²) in [5, 5.41) is 12.9. The number of carbonyl (C=O) groups excluding carboxylic acids is 2. The second kappa shape index (κ2) is 12.7. The molecule has 2 amide bonds. The minimum Gasteiger partial charge on any atom is -0.368 e. The Morgan fingerprint density at radius 2 is 1.56 bits per heavy atom. The van der Waals surface area contributed by atoms with Crippen LogP contribution in [0.25, 0.3) is 11.3 Å². The lowest BCUT2D eigenvalue weighted by Gasteiger charge is -2.38. The molecule has 214 valence electrons. The number of amides is 2. The van der Waals surface area contributed by atoms with E-state index in [0.29, 0.717) is 11.9 Å². The van der Waals surface area contributed by atoms with E-state index >= 15 is 0 Å². The third-order valence-electron chi connectivity index (χ3n) is 8.25. The Hall–Kier alpha value is -4.02. The molecule has 41 heavy (non-hydrogen) atoms. The molecule has 0 bridgehead atoms. The Bertz CT molecular complexity index is 1330. The summed E-state index contributed by atoms with van der Waals surface area (Å²) in [4.78, 5) is 38.7. The number of piperidine rings is 1. The predicted octanol–water partition coefficient (Wildman–Crippen LogP) is 3.23. The van der Waals surface area contributed by atoms with Crippen LogP contribution in [0, 0.1) is 5.92 Å². The maximum Gasteiger partial charge on any atom is 0.241 e. The van der Waals surface area contributed by atoms with E-state index in [9.17, 15) is 9.59 Å². The van der Waals surface area contributed by atoms with E-state index in [-0.39, 0.29) is 17.9 Å². The fraction of sp³-hybridized carbons (Fsp3) is 0.419. The number of rotatable bonds is 7. The van der Waals surface area contributed by atoms with E-state index in [1.807, 2.05) is 47.4 Å². The Morgan fingerprint density at radius 1 is 0.829 bits per heavy atom. The molecule has 10 heteroatoms. The summed E-state index contributed by atoms with van der Waals surface area (Å²) in [5.41, 5.74) is 4.57. The van der Waals surface area contributed by atoms with Crippen molar-refractivity contribution in [3.63, 3.8) is 0 Å². The van der Waals surface area contributed by atoms with Crippen molar-refractivity contribution in [3.05, 3.63) is 60.8 Å². The summed E-state index contributed by atoms with van der Waals surface area (Å²) in [6.07, 6.45) is 5.55. The monoisotopic (exact) mass is 554 g/mol. The van der Waals surface area contributed by atoms with E-state index < -0.39 is 0 Å². The molecule has 2 aromatic carbocycles. The molecule has 6 rings (SSSR count). The maximum atomic E-state index is 12.9. The van der Waals surface area contributed by atoms with Crippen molar-refractivity contribution in [2.75, 3.05) is 61.3 Å². The van der Waals surface area contributed by atoms with Gasteiger partial charge in [-0.15, -0.1) is 0 Å². The standard InChI is InChI=1S/C31H38N8O2/c40-29(28-2-1-14-33-28)35-24-5-3-22(4-6-24)27-13-17-34-31(37-27)36-25-7-9-26(10-8-25)38-18-20-39(21-19-38)30(41)23-11-15-32-16-12-23/h3-10,13,17,23,28,32-33H,1-2,11-12,14-16,18-21H2,(H,35,40)(H,34,36,37). The fourth-order valence-electron chi connectivity index (χ4n) is 5.84. The van der Waals surface area contributed by atoms with E-state index in [1.165, 1.54) is 0 Å². The molecule has 10 nitrogen and oxygen atoms in total.